The average Bonchev–Trinajstić information content (AvgIpc) is 2.44. The van der Waals surface area contributed by atoms with Crippen LogP contribution in [0.15, 0.2) is 24.3 Å². The Kier molecular flexibility index (Phi) is 6.55. The second-order valence-electron chi connectivity index (χ2n) is 4.56. The van der Waals surface area contributed by atoms with E-state index in [4.69, 9.17) is 25.0 Å². The van der Waals surface area contributed by atoms with E-state index < -0.39 is 25.6 Å². The fourth-order valence-electron chi connectivity index (χ4n) is 1.64. The van der Waals surface area contributed by atoms with Gasteiger partial charge in [0, 0.05) is 7.11 Å². The van der Waals surface area contributed by atoms with Gasteiger partial charge in [0.25, 0.3) is 0 Å². The summed E-state index contributed by atoms with van der Waals surface area (Å²) < 4.78 is 22.6. The number of nitrogens with two attached hydrogens (primary N) is 1. The zero-order chi connectivity index (χ0) is 16.8. The van der Waals surface area contributed by atoms with Crippen molar-refractivity contribution in [2.24, 2.45) is 5.73 Å². The van der Waals surface area contributed by atoms with Crippen LogP contribution >= 0.6 is 7.60 Å². The van der Waals surface area contributed by atoms with Crippen molar-refractivity contribution in [3.05, 3.63) is 29.8 Å². The predicted octanol–water partition coefficient (Wildman–Crippen LogP) is 1.33. The van der Waals surface area contributed by atoms with E-state index in [1.54, 1.807) is 12.1 Å². The summed E-state index contributed by atoms with van der Waals surface area (Å²) in [6.45, 7) is 0. The highest BCUT2D eigenvalue weighted by atomic mass is 31.2. The fourth-order valence-corrected chi connectivity index (χ4v) is 3.02. The van der Waals surface area contributed by atoms with E-state index in [-0.39, 0.29) is 24.8 Å². The van der Waals surface area contributed by atoms with Gasteiger partial charge in [-0.25, -0.2) is 4.57 Å². The molecule has 0 aliphatic rings. The van der Waals surface area contributed by atoms with Crippen LogP contribution in [-0.2, 0) is 25.1 Å². The Morgan fingerprint density at radius 3 is 2.59 bits per heavy atom. The summed E-state index contributed by atoms with van der Waals surface area (Å²) in [6, 6.07) is 4.95. The molecule has 122 valence electrons. The Morgan fingerprint density at radius 2 is 2.05 bits per heavy atom. The molecule has 0 bridgehead atoms. The molecule has 0 aliphatic carbocycles. The first kappa shape index (κ1) is 18.2. The molecule has 1 rings (SSSR count). The first-order valence-electron chi connectivity index (χ1n) is 6.39. The van der Waals surface area contributed by atoms with Gasteiger partial charge in [0.15, 0.2) is 0 Å². The minimum atomic E-state index is -3.56. The second-order valence-corrected chi connectivity index (χ2v) is 6.78. The Morgan fingerprint density at radius 1 is 1.36 bits per heavy atom. The van der Waals surface area contributed by atoms with Crippen LogP contribution < -0.4 is 10.3 Å². The average molecular weight is 331 g/mol. The predicted molar refractivity (Wildman–Crippen MR) is 78.1 cm³/mol. The summed E-state index contributed by atoms with van der Waals surface area (Å²) in [7, 11) is -2.37. The molecule has 1 aromatic rings. The van der Waals surface area contributed by atoms with E-state index in [0.717, 1.165) is 0 Å². The molecule has 0 saturated carbocycles. The summed E-state index contributed by atoms with van der Waals surface area (Å²) >= 11 is 0. The zero-order valence-electron chi connectivity index (χ0n) is 12.0. The van der Waals surface area contributed by atoms with Gasteiger partial charge in [0.1, 0.15) is 11.8 Å². The van der Waals surface area contributed by atoms with Crippen molar-refractivity contribution in [1.29, 1.82) is 0 Å². The molecule has 0 aliphatic heterocycles. The van der Waals surface area contributed by atoms with Crippen molar-refractivity contribution < 1.29 is 33.4 Å². The van der Waals surface area contributed by atoms with Crippen LogP contribution in [0.3, 0.4) is 0 Å². The number of aliphatic carboxylic acids is 2. The third-order valence-electron chi connectivity index (χ3n) is 2.81. The van der Waals surface area contributed by atoms with Gasteiger partial charge in [-0.1, -0.05) is 12.1 Å². The van der Waals surface area contributed by atoms with Gasteiger partial charge in [-0.15, -0.1) is 0 Å². The summed E-state index contributed by atoms with van der Waals surface area (Å²) in [6.07, 6.45) is -0.437. The van der Waals surface area contributed by atoms with Crippen LogP contribution in [-0.4, -0.2) is 41.5 Å². The summed E-state index contributed by atoms with van der Waals surface area (Å²) in [5.74, 6) is -2.02. The van der Waals surface area contributed by atoms with E-state index in [0.29, 0.717) is 5.56 Å². The molecular formula is C13H18NO7P. The SMILES string of the molecule is CO[P@](=O)(CC[C@@H](N)C(=O)O)Oc1cccc(CC(=O)O)c1. The van der Waals surface area contributed by atoms with E-state index in [2.05, 4.69) is 0 Å². The van der Waals surface area contributed by atoms with Crippen molar-refractivity contribution in [1.82, 2.24) is 0 Å². The van der Waals surface area contributed by atoms with Crippen LogP contribution in [0.5, 0.6) is 5.75 Å². The van der Waals surface area contributed by atoms with Gasteiger partial charge in [-0.2, -0.15) is 0 Å². The maximum atomic E-state index is 12.4. The summed E-state index contributed by atoms with van der Waals surface area (Å²) in [4.78, 5) is 21.3. The maximum absolute atomic E-state index is 12.4. The number of rotatable bonds is 9. The molecule has 0 spiro atoms. The molecule has 0 saturated heterocycles. The Labute approximate surface area is 127 Å². The molecule has 0 amide bonds. The Balaban J connectivity index is 2.78. The number of benzene rings is 1. The van der Waals surface area contributed by atoms with Gasteiger partial charge in [-0.05, 0) is 24.1 Å². The molecule has 0 radical (unpaired) electrons. The summed E-state index contributed by atoms with van der Waals surface area (Å²) in [5.41, 5.74) is 5.84. The molecule has 22 heavy (non-hydrogen) atoms. The highest BCUT2D eigenvalue weighted by Gasteiger charge is 2.27. The first-order valence-corrected chi connectivity index (χ1v) is 8.12. The molecular weight excluding hydrogens is 313 g/mol. The van der Waals surface area contributed by atoms with Crippen molar-refractivity contribution >= 4 is 19.5 Å². The number of carbonyl (C=O) groups is 2. The highest BCUT2D eigenvalue weighted by Crippen LogP contribution is 2.48. The minimum absolute atomic E-state index is 0.0741. The highest BCUT2D eigenvalue weighted by molar-refractivity contribution is 7.54. The minimum Gasteiger partial charge on any atom is -0.481 e. The summed E-state index contributed by atoms with van der Waals surface area (Å²) in [5, 5.41) is 17.5. The fraction of sp³-hybridized carbons (Fsp3) is 0.385. The number of carboxylic acid groups (broad SMARTS) is 2. The largest absolute Gasteiger partial charge is 0.481 e. The van der Waals surface area contributed by atoms with Crippen molar-refractivity contribution in [2.45, 2.75) is 18.9 Å². The first-order chi connectivity index (χ1) is 10.3. The van der Waals surface area contributed by atoms with Crippen molar-refractivity contribution in [2.75, 3.05) is 13.3 Å². The topological polar surface area (TPSA) is 136 Å². The lowest BCUT2D eigenvalue weighted by atomic mass is 10.1. The zero-order valence-corrected chi connectivity index (χ0v) is 12.9. The van der Waals surface area contributed by atoms with Gasteiger partial charge >= 0.3 is 19.5 Å². The van der Waals surface area contributed by atoms with E-state index in [9.17, 15) is 14.2 Å². The van der Waals surface area contributed by atoms with Crippen LogP contribution in [0.25, 0.3) is 0 Å². The number of carboxylic acids is 2. The molecule has 0 aromatic heterocycles. The number of hydrogen-bond acceptors (Lipinski definition) is 6. The lowest BCUT2D eigenvalue weighted by Gasteiger charge is -2.18. The molecule has 0 unspecified atom stereocenters. The third-order valence-corrected chi connectivity index (χ3v) is 4.66. The standard InChI is InChI=1S/C13H18NO7P/c1-20-22(19,6-5-11(14)13(17)18)21-10-4-2-3-9(7-10)8-12(15)16/h2-4,7,11H,5-6,8,14H2,1H3,(H,15,16)(H,17,18)/t11-,22-/m1/s1. The molecule has 0 heterocycles. The molecule has 0 fully saturated rings. The lowest BCUT2D eigenvalue weighted by molar-refractivity contribution is -0.138. The van der Waals surface area contributed by atoms with Crippen LogP contribution in [0.1, 0.15) is 12.0 Å². The normalized spacial score (nSPS) is 14.8. The maximum Gasteiger partial charge on any atom is 0.378 e. The molecule has 8 nitrogen and oxygen atoms in total. The molecule has 9 heteroatoms. The number of hydrogen-bond donors (Lipinski definition) is 3. The third kappa shape index (κ3) is 5.85. The Hall–Kier alpha value is -1.89. The van der Waals surface area contributed by atoms with Crippen molar-refractivity contribution in [3.63, 3.8) is 0 Å². The molecule has 4 N–H and O–H groups in total. The monoisotopic (exact) mass is 331 g/mol. The van der Waals surface area contributed by atoms with E-state index >= 15 is 0 Å². The van der Waals surface area contributed by atoms with Crippen molar-refractivity contribution in [3.8, 4) is 5.75 Å². The van der Waals surface area contributed by atoms with Gasteiger partial charge < -0.3 is 25.0 Å². The van der Waals surface area contributed by atoms with Crippen LogP contribution in [0, 0.1) is 0 Å². The van der Waals surface area contributed by atoms with Gasteiger partial charge in [-0.3, -0.25) is 9.59 Å². The quantitative estimate of drug-likeness (QED) is 0.577. The van der Waals surface area contributed by atoms with Gasteiger partial charge in [0.2, 0.25) is 0 Å². The van der Waals surface area contributed by atoms with Gasteiger partial charge in [0.05, 0.1) is 12.6 Å². The van der Waals surface area contributed by atoms with Crippen LogP contribution in [0.2, 0.25) is 0 Å². The lowest BCUT2D eigenvalue weighted by Crippen LogP contribution is -2.31. The smallest absolute Gasteiger partial charge is 0.378 e. The van der Waals surface area contributed by atoms with E-state index in [1.807, 2.05) is 0 Å². The second kappa shape index (κ2) is 7.93. The van der Waals surface area contributed by atoms with Crippen LogP contribution in [0.4, 0.5) is 0 Å². The Bertz CT molecular complexity index is 590. The van der Waals surface area contributed by atoms with E-state index in [1.165, 1.54) is 19.2 Å². The molecule has 1 aromatic carbocycles. The molecule has 2 atom stereocenters.